The second kappa shape index (κ2) is 5.34. The van der Waals surface area contributed by atoms with Crippen molar-refractivity contribution in [3.05, 3.63) is 0 Å². The smallest absolute Gasteiger partial charge is 0.346 e. The average molecular weight is 224 g/mol. The van der Waals surface area contributed by atoms with Crippen LogP contribution in [0.1, 0.15) is 19.3 Å². The molecule has 0 atom stereocenters. The lowest BCUT2D eigenvalue weighted by molar-refractivity contribution is -0.137. The van der Waals surface area contributed by atoms with E-state index in [9.17, 15) is 18.0 Å². The van der Waals surface area contributed by atoms with E-state index in [-0.39, 0.29) is 6.54 Å². The molecule has 0 unspecified atom stereocenters. The SMILES string of the molecule is O=C(CNCC1CCC1)NCC(F)(F)F. The van der Waals surface area contributed by atoms with Crippen LogP contribution in [0.3, 0.4) is 0 Å². The zero-order valence-corrected chi connectivity index (χ0v) is 8.36. The quantitative estimate of drug-likeness (QED) is 0.733. The van der Waals surface area contributed by atoms with Crippen LogP contribution in [0.2, 0.25) is 0 Å². The number of carbonyl (C=O) groups is 1. The minimum atomic E-state index is -4.33. The predicted molar refractivity (Wildman–Crippen MR) is 49.3 cm³/mol. The molecular weight excluding hydrogens is 209 g/mol. The third-order valence-corrected chi connectivity index (χ3v) is 2.43. The molecular formula is C9H15F3N2O. The lowest BCUT2D eigenvalue weighted by Gasteiger charge is -2.25. The Kier molecular flexibility index (Phi) is 4.38. The van der Waals surface area contributed by atoms with Gasteiger partial charge in [-0.15, -0.1) is 0 Å². The second-order valence-electron chi connectivity index (χ2n) is 3.82. The van der Waals surface area contributed by atoms with Crippen molar-refractivity contribution in [1.82, 2.24) is 10.6 Å². The van der Waals surface area contributed by atoms with Gasteiger partial charge >= 0.3 is 6.18 Å². The highest BCUT2D eigenvalue weighted by Crippen LogP contribution is 2.24. The molecule has 1 amide bonds. The lowest BCUT2D eigenvalue weighted by atomic mass is 9.85. The predicted octanol–water partition coefficient (Wildman–Crippen LogP) is 1.05. The highest BCUT2D eigenvalue weighted by atomic mass is 19.4. The van der Waals surface area contributed by atoms with Crippen molar-refractivity contribution in [3.8, 4) is 0 Å². The Balaban J connectivity index is 1.98. The maximum absolute atomic E-state index is 11.7. The van der Waals surface area contributed by atoms with Crippen molar-refractivity contribution in [2.24, 2.45) is 5.92 Å². The van der Waals surface area contributed by atoms with Crippen molar-refractivity contribution >= 4 is 5.91 Å². The van der Waals surface area contributed by atoms with Crippen LogP contribution in [0.5, 0.6) is 0 Å². The maximum atomic E-state index is 11.7. The summed E-state index contributed by atoms with van der Waals surface area (Å²) in [5.74, 6) is -0.00735. The van der Waals surface area contributed by atoms with Gasteiger partial charge in [-0.05, 0) is 25.3 Å². The number of halogens is 3. The average Bonchev–Trinajstić information content (AvgIpc) is 2.04. The lowest BCUT2D eigenvalue weighted by Crippen LogP contribution is -2.40. The van der Waals surface area contributed by atoms with Gasteiger partial charge in [0.1, 0.15) is 6.54 Å². The van der Waals surface area contributed by atoms with E-state index in [1.165, 1.54) is 6.42 Å². The van der Waals surface area contributed by atoms with E-state index in [2.05, 4.69) is 5.32 Å². The van der Waals surface area contributed by atoms with Crippen LogP contribution < -0.4 is 10.6 Å². The van der Waals surface area contributed by atoms with Gasteiger partial charge in [-0.1, -0.05) is 6.42 Å². The number of hydrogen-bond acceptors (Lipinski definition) is 2. The van der Waals surface area contributed by atoms with Crippen LogP contribution in [0.4, 0.5) is 13.2 Å². The molecule has 0 aliphatic heterocycles. The van der Waals surface area contributed by atoms with Crippen LogP contribution in [0.15, 0.2) is 0 Å². The highest BCUT2D eigenvalue weighted by molar-refractivity contribution is 5.77. The number of amides is 1. The Hall–Kier alpha value is -0.780. The fourth-order valence-electron chi connectivity index (χ4n) is 1.35. The topological polar surface area (TPSA) is 41.1 Å². The molecule has 6 heteroatoms. The molecule has 1 aliphatic rings. The minimum Gasteiger partial charge on any atom is -0.346 e. The summed E-state index contributed by atoms with van der Waals surface area (Å²) in [6.45, 7) is -0.567. The standard InChI is InChI=1S/C9H15F3N2O/c10-9(11,12)6-14-8(15)5-13-4-7-2-1-3-7/h7,13H,1-6H2,(H,14,15). The zero-order chi connectivity index (χ0) is 11.3. The molecule has 15 heavy (non-hydrogen) atoms. The first-order chi connectivity index (χ1) is 6.97. The van der Waals surface area contributed by atoms with Gasteiger partial charge in [0.15, 0.2) is 0 Å². The van der Waals surface area contributed by atoms with Crippen LogP contribution in [-0.2, 0) is 4.79 Å². The van der Waals surface area contributed by atoms with Crippen molar-refractivity contribution in [2.75, 3.05) is 19.6 Å². The Morgan fingerprint density at radius 3 is 2.47 bits per heavy atom. The molecule has 88 valence electrons. The van der Waals surface area contributed by atoms with E-state index in [1.807, 2.05) is 0 Å². The molecule has 0 saturated heterocycles. The zero-order valence-electron chi connectivity index (χ0n) is 8.36. The molecule has 1 rings (SSSR count). The number of carbonyl (C=O) groups excluding carboxylic acids is 1. The summed E-state index contributed by atoms with van der Waals surface area (Å²) in [5.41, 5.74) is 0. The van der Waals surface area contributed by atoms with Gasteiger partial charge in [-0.2, -0.15) is 13.2 Å². The van der Waals surface area contributed by atoms with E-state index >= 15 is 0 Å². The van der Waals surface area contributed by atoms with Gasteiger partial charge < -0.3 is 10.6 Å². The van der Waals surface area contributed by atoms with Gasteiger partial charge in [0.05, 0.1) is 6.54 Å². The Morgan fingerprint density at radius 1 is 1.33 bits per heavy atom. The first-order valence-corrected chi connectivity index (χ1v) is 5.01. The Bertz CT molecular complexity index is 214. The number of rotatable bonds is 5. The third kappa shape index (κ3) is 5.61. The van der Waals surface area contributed by atoms with Crippen LogP contribution in [-0.4, -0.2) is 31.7 Å². The molecule has 0 radical (unpaired) electrons. The molecule has 0 aromatic heterocycles. The van der Waals surface area contributed by atoms with Crippen LogP contribution >= 0.6 is 0 Å². The van der Waals surface area contributed by atoms with E-state index in [4.69, 9.17) is 0 Å². The van der Waals surface area contributed by atoms with Crippen molar-refractivity contribution in [2.45, 2.75) is 25.4 Å². The minimum absolute atomic E-state index is 0.0351. The monoisotopic (exact) mass is 224 g/mol. The summed E-state index contributed by atoms with van der Waals surface area (Å²) < 4.78 is 35.1. The summed E-state index contributed by atoms with van der Waals surface area (Å²) in [5, 5.41) is 4.65. The molecule has 1 aliphatic carbocycles. The molecule has 0 aromatic carbocycles. The highest BCUT2D eigenvalue weighted by Gasteiger charge is 2.27. The molecule has 0 heterocycles. The number of hydrogen-bond donors (Lipinski definition) is 2. The summed E-state index contributed by atoms with van der Waals surface area (Å²) in [7, 11) is 0. The first-order valence-electron chi connectivity index (χ1n) is 5.01. The molecule has 0 bridgehead atoms. The summed E-state index contributed by atoms with van der Waals surface area (Å²) in [4.78, 5) is 10.9. The summed E-state index contributed by atoms with van der Waals surface area (Å²) in [6.07, 6.45) is -0.815. The van der Waals surface area contributed by atoms with Gasteiger partial charge in [0.25, 0.3) is 0 Å². The second-order valence-corrected chi connectivity index (χ2v) is 3.82. The first kappa shape index (κ1) is 12.3. The Labute approximate surface area is 86.4 Å². The molecule has 2 N–H and O–H groups in total. The van der Waals surface area contributed by atoms with Gasteiger partial charge in [-0.25, -0.2) is 0 Å². The maximum Gasteiger partial charge on any atom is 0.405 e. The largest absolute Gasteiger partial charge is 0.405 e. The van der Waals surface area contributed by atoms with E-state index in [0.29, 0.717) is 5.92 Å². The Morgan fingerprint density at radius 2 is 2.00 bits per heavy atom. The van der Waals surface area contributed by atoms with Crippen molar-refractivity contribution in [3.63, 3.8) is 0 Å². The molecule has 1 fully saturated rings. The normalized spacial score (nSPS) is 17.3. The van der Waals surface area contributed by atoms with Crippen LogP contribution in [0.25, 0.3) is 0 Å². The van der Waals surface area contributed by atoms with Gasteiger partial charge in [0.2, 0.25) is 5.91 Å². The number of alkyl halides is 3. The third-order valence-electron chi connectivity index (χ3n) is 2.43. The fourth-order valence-corrected chi connectivity index (χ4v) is 1.35. The van der Waals surface area contributed by atoms with E-state index in [0.717, 1.165) is 19.4 Å². The van der Waals surface area contributed by atoms with Crippen LogP contribution in [0, 0.1) is 5.92 Å². The molecule has 0 aromatic rings. The van der Waals surface area contributed by atoms with Gasteiger partial charge in [0, 0.05) is 0 Å². The summed E-state index contributed by atoms with van der Waals surface area (Å²) >= 11 is 0. The fraction of sp³-hybridized carbons (Fsp3) is 0.889. The van der Waals surface area contributed by atoms with Crippen molar-refractivity contribution in [1.29, 1.82) is 0 Å². The number of nitrogens with one attached hydrogen (secondary N) is 2. The van der Waals surface area contributed by atoms with Crippen molar-refractivity contribution < 1.29 is 18.0 Å². The summed E-state index contributed by atoms with van der Waals surface area (Å²) in [6, 6.07) is 0. The molecule has 0 spiro atoms. The molecule has 1 saturated carbocycles. The van der Waals surface area contributed by atoms with E-state index in [1.54, 1.807) is 5.32 Å². The molecule has 3 nitrogen and oxygen atoms in total. The van der Waals surface area contributed by atoms with Gasteiger partial charge in [-0.3, -0.25) is 4.79 Å². The van der Waals surface area contributed by atoms with E-state index < -0.39 is 18.6 Å².